The molecule has 0 atom stereocenters. The predicted octanol–water partition coefficient (Wildman–Crippen LogP) is 2.48. The lowest BCUT2D eigenvalue weighted by atomic mass is 11.0. The van der Waals surface area contributed by atoms with E-state index < -0.39 is 24.7 Å². The van der Waals surface area contributed by atoms with Gasteiger partial charge < -0.3 is 4.74 Å². The fraction of sp³-hybridized carbons (Fsp3) is 0. The minimum atomic E-state index is -1.83. The average Bonchev–Trinajstić information content (AvgIpc) is 1.87. The van der Waals surface area contributed by atoms with Gasteiger partial charge in [-0.2, -0.15) is 8.78 Å². The van der Waals surface area contributed by atoms with Crippen molar-refractivity contribution in [1.82, 2.24) is 0 Å². The molecule has 0 radical (unpaired) electrons. The van der Waals surface area contributed by atoms with Crippen LogP contribution in [0.1, 0.15) is 0 Å². The van der Waals surface area contributed by atoms with Crippen LogP contribution in [0.4, 0.5) is 17.6 Å². The lowest BCUT2D eigenvalue weighted by molar-refractivity contribution is 0.143. The highest BCUT2D eigenvalue weighted by atomic mass is 19.2. The third-order valence-corrected chi connectivity index (χ3v) is 0.367. The van der Waals surface area contributed by atoms with Gasteiger partial charge in [-0.3, -0.25) is 0 Å². The lowest BCUT2D eigenvalue weighted by Gasteiger charge is -1.92. The Kier molecular flexibility index (Phi) is 3.50. The summed E-state index contributed by atoms with van der Waals surface area (Å²) < 4.78 is 47.8. The summed E-state index contributed by atoms with van der Waals surface area (Å²) in [6, 6.07) is -3.66. The fourth-order valence-electron chi connectivity index (χ4n) is 0.138. The van der Waals surface area contributed by atoms with Gasteiger partial charge in [-0.25, -0.2) is 8.78 Å². The molecule has 0 aromatic heterocycles. The zero-order chi connectivity index (χ0) is 7.28. The van der Waals surface area contributed by atoms with Gasteiger partial charge in [0.1, 0.15) is 0 Å². The van der Waals surface area contributed by atoms with E-state index in [0.717, 1.165) is 0 Å². The van der Waals surface area contributed by atoms with E-state index in [9.17, 15) is 17.6 Å². The van der Waals surface area contributed by atoms with Crippen molar-refractivity contribution in [3.8, 4) is 0 Å². The van der Waals surface area contributed by atoms with Gasteiger partial charge in [0.2, 0.25) is 0 Å². The highest BCUT2D eigenvalue weighted by Crippen LogP contribution is 2.08. The Morgan fingerprint density at radius 2 is 1.33 bits per heavy atom. The minimum Gasteiger partial charge on any atom is -0.401 e. The number of halogens is 4. The number of ether oxygens (including phenoxy) is 1. The van der Waals surface area contributed by atoms with Crippen LogP contribution in [0.3, 0.4) is 0 Å². The molecule has 52 valence electrons. The van der Waals surface area contributed by atoms with Crippen LogP contribution >= 0.6 is 0 Å². The Balaban J connectivity index is 3.75. The molecule has 0 saturated carbocycles. The molecule has 1 nitrogen and oxygen atoms in total. The Morgan fingerprint density at radius 1 is 1.00 bits per heavy atom. The molecule has 0 unspecified atom stereocenters. The highest BCUT2D eigenvalue weighted by molar-refractivity contribution is 4.81. The summed E-state index contributed by atoms with van der Waals surface area (Å²) in [6.45, 7) is 0. The van der Waals surface area contributed by atoms with Gasteiger partial charge in [0, 0.05) is 0 Å². The first-order chi connectivity index (χ1) is 4.20. The predicted molar refractivity (Wildman–Crippen MR) is 21.7 cm³/mol. The molecule has 9 heavy (non-hydrogen) atoms. The molecule has 0 rings (SSSR count). The van der Waals surface area contributed by atoms with E-state index >= 15 is 0 Å². The van der Waals surface area contributed by atoms with Crippen molar-refractivity contribution in [3.05, 3.63) is 24.7 Å². The molecule has 0 aliphatic rings. The topological polar surface area (TPSA) is 9.23 Å². The van der Waals surface area contributed by atoms with Crippen molar-refractivity contribution in [1.29, 1.82) is 0 Å². The Morgan fingerprint density at radius 3 is 1.56 bits per heavy atom. The maximum Gasteiger partial charge on any atom is 0.308 e. The van der Waals surface area contributed by atoms with Gasteiger partial charge >= 0.3 is 12.0 Å². The first kappa shape index (κ1) is 8.00. The van der Waals surface area contributed by atoms with E-state index in [1.54, 1.807) is 0 Å². The highest BCUT2D eigenvalue weighted by Gasteiger charge is 1.99. The average molecular weight is 142 g/mol. The van der Waals surface area contributed by atoms with Gasteiger partial charge in [-0.05, 0) is 0 Å². The molecule has 0 aromatic rings. The molecule has 0 spiro atoms. The molecular weight excluding hydrogens is 140 g/mol. The molecule has 0 bridgehead atoms. The Bertz CT molecular complexity index is 124. The largest absolute Gasteiger partial charge is 0.401 e. The first-order valence-electron chi connectivity index (χ1n) is 1.80. The van der Waals surface area contributed by atoms with Gasteiger partial charge in [0.25, 0.3) is 0 Å². The molecule has 0 saturated heterocycles. The maximum atomic E-state index is 11.4. The van der Waals surface area contributed by atoms with Crippen LogP contribution in [0, 0.1) is 0 Å². The van der Waals surface area contributed by atoms with Crippen LogP contribution in [0.15, 0.2) is 24.7 Å². The van der Waals surface area contributed by atoms with Gasteiger partial charge in [0.05, 0.1) is 0 Å². The van der Waals surface area contributed by atoms with Crippen molar-refractivity contribution < 1.29 is 22.3 Å². The van der Waals surface area contributed by atoms with Gasteiger partial charge in [-0.1, -0.05) is 0 Å². The SMILES string of the molecule is F/C=C(\F)O/C(F)=C/F. The summed E-state index contributed by atoms with van der Waals surface area (Å²) in [5.41, 5.74) is 0. The van der Waals surface area contributed by atoms with Crippen molar-refractivity contribution in [2.75, 3.05) is 0 Å². The van der Waals surface area contributed by atoms with Crippen molar-refractivity contribution in [2.24, 2.45) is 0 Å². The normalized spacial score (nSPS) is 13.8. The van der Waals surface area contributed by atoms with Crippen LogP contribution < -0.4 is 0 Å². The number of hydrogen-bond acceptors (Lipinski definition) is 1. The molecule has 5 heteroatoms. The Hall–Kier alpha value is -1.00. The smallest absolute Gasteiger partial charge is 0.308 e. The zero-order valence-electron chi connectivity index (χ0n) is 4.07. The van der Waals surface area contributed by atoms with Gasteiger partial charge in [0.15, 0.2) is 12.7 Å². The van der Waals surface area contributed by atoms with E-state index in [2.05, 4.69) is 4.74 Å². The van der Waals surface area contributed by atoms with Crippen LogP contribution in [-0.4, -0.2) is 0 Å². The first-order valence-corrected chi connectivity index (χ1v) is 1.80. The second-order valence-electron chi connectivity index (χ2n) is 0.929. The second kappa shape index (κ2) is 3.94. The van der Waals surface area contributed by atoms with E-state index in [1.807, 2.05) is 0 Å². The molecule has 0 amide bonds. The second-order valence-corrected chi connectivity index (χ2v) is 0.929. The monoisotopic (exact) mass is 142 g/mol. The van der Waals surface area contributed by atoms with E-state index in [4.69, 9.17) is 0 Å². The third-order valence-electron chi connectivity index (χ3n) is 0.367. The molecule has 0 aromatic carbocycles. The summed E-state index contributed by atoms with van der Waals surface area (Å²) in [4.78, 5) is 0. The third kappa shape index (κ3) is 3.57. The lowest BCUT2D eigenvalue weighted by Crippen LogP contribution is -1.79. The quantitative estimate of drug-likeness (QED) is 0.425. The molecular formula is C4H2F4O. The molecule has 0 heterocycles. The van der Waals surface area contributed by atoms with Gasteiger partial charge in [-0.15, -0.1) is 0 Å². The summed E-state index contributed by atoms with van der Waals surface area (Å²) in [7, 11) is 0. The van der Waals surface area contributed by atoms with Crippen molar-refractivity contribution in [3.63, 3.8) is 0 Å². The zero-order valence-corrected chi connectivity index (χ0v) is 4.07. The standard InChI is InChI=1S/C4H2F4O/c5-1-3(7)9-4(8)2-6/h1-2H/b3-1+,4-2+. The van der Waals surface area contributed by atoms with Crippen LogP contribution in [0.25, 0.3) is 0 Å². The fourth-order valence-corrected chi connectivity index (χ4v) is 0.138. The number of hydrogen-bond donors (Lipinski definition) is 0. The van der Waals surface area contributed by atoms with E-state index in [1.165, 1.54) is 0 Å². The summed E-state index contributed by atoms with van der Waals surface area (Å²) in [5, 5.41) is 0. The van der Waals surface area contributed by atoms with E-state index in [-0.39, 0.29) is 0 Å². The van der Waals surface area contributed by atoms with Crippen LogP contribution in [-0.2, 0) is 4.74 Å². The van der Waals surface area contributed by atoms with Crippen molar-refractivity contribution >= 4 is 0 Å². The maximum absolute atomic E-state index is 11.4. The van der Waals surface area contributed by atoms with E-state index in [0.29, 0.717) is 0 Å². The minimum absolute atomic E-state index is 0.636. The summed E-state index contributed by atoms with van der Waals surface area (Å²) in [5.74, 6) is 0. The van der Waals surface area contributed by atoms with Crippen LogP contribution in [0.5, 0.6) is 0 Å². The summed E-state index contributed by atoms with van der Waals surface area (Å²) >= 11 is 0. The molecule has 0 fully saturated rings. The summed E-state index contributed by atoms with van der Waals surface area (Å²) in [6.07, 6.45) is -1.27. The molecule has 0 aliphatic heterocycles. The number of rotatable bonds is 2. The van der Waals surface area contributed by atoms with Crippen LogP contribution in [0.2, 0.25) is 0 Å². The molecule has 0 N–H and O–H groups in total. The van der Waals surface area contributed by atoms with Crippen molar-refractivity contribution in [2.45, 2.75) is 0 Å². The Labute approximate surface area is 48.2 Å². The molecule has 0 aliphatic carbocycles.